The van der Waals surface area contributed by atoms with Crippen LogP contribution in [0.2, 0.25) is 0 Å². The van der Waals surface area contributed by atoms with Gasteiger partial charge in [0.25, 0.3) is 6.43 Å². The van der Waals surface area contributed by atoms with Crippen LogP contribution >= 0.6 is 0 Å². The van der Waals surface area contributed by atoms with E-state index in [2.05, 4.69) is 4.99 Å². The van der Waals surface area contributed by atoms with Gasteiger partial charge in [-0.25, -0.2) is 13.8 Å². The van der Waals surface area contributed by atoms with Gasteiger partial charge in [0.2, 0.25) is 5.91 Å². The normalized spacial score (nSPS) is 37.4. The Morgan fingerprint density at radius 2 is 2.09 bits per heavy atom. The molecule has 1 aliphatic carbocycles. The van der Waals surface area contributed by atoms with E-state index in [0.717, 1.165) is 25.7 Å². The van der Waals surface area contributed by atoms with Crippen LogP contribution in [0.4, 0.5) is 8.78 Å². The van der Waals surface area contributed by atoms with Crippen molar-refractivity contribution in [3.63, 3.8) is 0 Å². The van der Waals surface area contributed by atoms with Crippen molar-refractivity contribution in [2.24, 2.45) is 22.1 Å². The summed E-state index contributed by atoms with van der Waals surface area (Å²) >= 11 is 0. The van der Waals surface area contributed by atoms with Gasteiger partial charge in [0.15, 0.2) is 11.6 Å². The van der Waals surface area contributed by atoms with Crippen molar-refractivity contribution in [2.45, 2.75) is 44.3 Å². The lowest BCUT2D eigenvalue weighted by atomic mass is 9.83. The van der Waals surface area contributed by atoms with Gasteiger partial charge < -0.3 is 10.8 Å². The number of halogens is 2. The number of aliphatic hydroxyl groups is 1. The molecule has 128 valence electrons. The summed E-state index contributed by atoms with van der Waals surface area (Å²) in [5, 5.41) is 12.7. The van der Waals surface area contributed by atoms with Crippen molar-refractivity contribution in [3.8, 4) is 0 Å². The second-order valence-electron chi connectivity index (χ2n) is 6.55. The number of hydrogen-bond acceptors (Lipinski definition) is 5. The van der Waals surface area contributed by atoms with Crippen LogP contribution in [0.25, 0.3) is 0 Å². The van der Waals surface area contributed by atoms with Crippen LogP contribution in [-0.2, 0) is 4.79 Å². The predicted octanol–water partition coefficient (Wildman–Crippen LogP) is 0.731. The summed E-state index contributed by atoms with van der Waals surface area (Å²) in [5.74, 6) is -0.739. The fourth-order valence-corrected chi connectivity index (χ4v) is 3.87. The fraction of sp³-hybridized carbons (Fsp3) is 0.733. The molecule has 3 N–H and O–H groups in total. The number of aliphatic imine (C=N–C) groups is 1. The number of hydrogen-bond donors (Lipinski definition) is 2. The zero-order chi connectivity index (χ0) is 16.6. The van der Waals surface area contributed by atoms with Gasteiger partial charge in [0, 0.05) is 31.6 Å². The molecule has 0 radical (unpaired) electrons. The van der Waals surface area contributed by atoms with Gasteiger partial charge in [-0.3, -0.25) is 14.8 Å². The Bertz CT molecular complexity index is 520. The molecule has 1 saturated heterocycles. The minimum absolute atomic E-state index is 0.0539. The highest BCUT2D eigenvalue weighted by atomic mass is 19.3. The molecule has 6 nitrogen and oxygen atoms in total. The molecule has 0 aromatic heterocycles. The molecule has 2 fully saturated rings. The van der Waals surface area contributed by atoms with Crippen LogP contribution in [0.5, 0.6) is 0 Å². The molecule has 8 heteroatoms. The number of aliphatic hydroxyl groups excluding tert-OH is 1. The Kier molecular flexibility index (Phi) is 4.37. The smallest absolute Gasteiger partial charge is 0.258 e. The zero-order valence-electron chi connectivity index (χ0n) is 12.8. The minimum Gasteiger partial charge on any atom is -0.396 e. The van der Waals surface area contributed by atoms with Crippen LogP contribution in [0.15, 0.2) is 17.3 Å². The number of primary amides is 1. The maximum absolute atomic E-state index is 13.8. The quantitative estimate of drug-likeness (QED) is 0.797. The lowest BCUT2D eigenvalue weighted by molar-refractivity contribution is -0.138. The first-order valence-corrected chi connectivity index (χ1v) is 7.94. The molecule has 1 amide bonds. The van der Waals surface area contributed by atoms with E-state index in [9.17, 15) is 18.7 Å². The molecule has 0 spiro atoms. The Hall–Kier alpha value is -1.54. The van der Waals surface area contributed by atoms with Gasteiger partial charge in [0.05, 0.1) is 0 Å². The standard InChI is InChI=1S/C15H22F2N4O2/c16-12(17)15(13(18)23)9-21(20-7-1-6-19-14(15)20)11-4-2-10(8-22)3-5-11/h1,6-7,10-12,14,22H,2-5,8-9H2,(H2,18,23). The molecule has 23 heavy (non-hydrogen) atoms. The van der Waals surface area contributed by atoms with Crippen LogP contribution < -0.4 is 5.73 Å². The number of hydrazine groups is 1. The van der Waals surface area contributed by atoms with Crippen molar-refractivity contribution in [2.75, 3.05) is 13.2 Å². The van der Waals surface area contributed by atoms with E-state index in [0.29, 0.717) is 0 Å². The van der Waals surface area contributed by atoms with E-state index in [4.69, 9.17) is 5.73 Å². The van der Waals surface area contributed by atoms with Crippen LogP contribution in [-0.4, -0.2) is 59.0 Å². The summed E-state index contributed by atoms with van der Waals surface area (Å²) in [6.45, 7) is 0.0340. The summed E-state index contributed by atoms with van der Waals surface area (Å²) < 4.78 is 27.6. The molecule has 3 aliphatic rings. The van der Waals surface area contributed by atoms with Crippen molar-refractivity contribution in [3.05, 3.63) is 12.3 Å². The predicted molar refractivity (Wildman–Crippen MR) is 80.4 cm³/mol. The highest BCUT2D eigenvalue weighted by Gasteiger charge is 2.62. The van der Waals surface area contributed by atoms with Crippen molar-refractivity contribution >= 4 is 12.1 Å². The lowest BCUT2D eigenvalue weighted by Crippen LogP contribution is -2.52. The number of fused-ring (bicyclic) bond motifs is 1. The zero-order valence-corrected chi connectivity index (χ0v) is 12.8. The number of alkyl halides is 2. The van der Waals surface area contributed by atoms with E-state index >= 15 is 0 Å². The van der Waals surface area contributed by atoms with E-state index in [-0.39, 0.29) is 25.1 Å². The molecule has 3 rings (SSSR count). The first-order valence-electron chi connectivity index (χ1n) is 7.94. The van der Waals surface area contributed by atoms with Crippen LogP contribution in [0, 0.1) is 11.3 Å². The molecule has 2 atom stereocenters. The Balaban J connectivity index is 1.86. The monoisotopic (exact) mass is 328 g/mol. The largest absolute Gasteiger partial charge is 0.396 e. The van der Waals surface area contributed by atoms with Crippen LogP contribution in [0.1, 0.15) is 25.7 Å². The molecular weight excluding hydrogens is 306 g/mol. The molecule has 2 unspecified atom stereocenters. The molecule has 2 heterocycles. The van der Waals surface area contributed by atoms with E-state index < -0.39 is 23.9 Å². The molecule has 1 saturated carbocycles. The first kappa shape index (κ1) is 16.3. The fourth-order valence-electron chi connectivity index (χ4n) is 3.87. The maximum atomic E-state index is 13.8. The SMILES string of the molecule is NC(=O)C1(C(F)F)CN(C2CCC(CO)CC2)N2C=CC=NC21. The average Bonchev–Trinajstić information content (AvgIpc) is 2.92. The number of carbonyl (C=O) groups excluding carboxylic acids is 1. The third-order valence-electron chi connectivity index (χ3n) is 5.33. The summed E-state index contributed by atoms with van der Waals surface area (Å²) in [4.78, 5) is 16.0. The van der Waals surface area contributed by atoms with Gasteiger partial charge >= 0.3 is 0 Å². The summed E-state index contributed by atoms with van der Waals surface area (Å²) in [7, 11) is 0. The summed E-state index contributed by atoms with van der Waals surface area (Å²) in [5.41, 5.74) is 3.38. The molecular formula is C15H22F2N4O2. The molecule has 2 aliphatic heterocycles. The van der Waals surface area contributed by atoms with Crippen molar-refractivity contribution < 1.29 is 18.7 Å². The molecule has 0 bridgehead atoms. The van der Waals surface area contributed by atoms with Gasteiger partial charge in [-0.05, 0) is 37.7 Å². The molecule has 0 aromatic rings. The van der Waals surface area contributed by atoms with Crippen molar-refractivity contribution in [1.82, 2.24) is 10.0 Å². The summed E-state index contributed by atoms with van der Waals surface area (Å²) in [6.07, 6.45) is 4.22. The van der Waals surface area contributed by atoms with Gasteiger partial charge in [-0.15, -0.1) is 0 Å². The number of nitrogens with two attached hydrogens (primary N) is 1. The van der Waals surface area contributed by atoms with Crippen molar-refractivity contribution in [1.29, 1.82) is 0 Å². The van der Waals surface area contributed by atoms with E-state index in [1.54, 1.807) is 17.3 Å². The van der Waals surface area contributed by atoms with E-state index in [1.807, 2.05) is 5.01 Å². The molecule has 0 aromatic carbocycles. The second kappa shape index (κ2) is 6.16. The Labute approximate surface area is 133 Å². The second-order valence-corrected chi connectivity index (χ2v) is 6.55. The summed E-state index contributed by atoms with van der Waals surface area (Å²) in [6, 6.07) is 0.0539. The average molecular weight is 328 g/mol. The lowest BCUT2D eigenvalue weighted by Gasteiger charge is -2.39. The highest BCUT2D eigenvalue weighted by Crippen LogP contribution is 2.45. The number of nitrogens with zero attached hydrogens (tertiary/aromatic N) is 3. The first-order chi connectivity index (χ1) is 11.0. The Morgan fingerprint density at radius 3 is 2.65 bits per heavy atom. The number of carbonyl (C=O) groups is 1. The Morgan fingerprint density at radius 1 is 1.39 bits per heavy atom. The highest BCUT2D eigenvalue weighted by molar-refractivity contribution is 5.84. The number of amides is 1. The third-order valence-corrected chi connectivity index (χ3v) is 5.33. The number of rotatable bonds is 4. The van der Waals surface area contributed by atoms with Gasteiger partial charge in [-0.1, -0.05) is 0 Å². The number of allylic oxidation sites excluding steroid dienone is 1. The third kappa shape index (κ3) is 2.53. The maximum Gasteiger partial charge on any atom is 0.258 e. The minimum atomic E-state index is -2.88. The van der Waals surface area contributed by atoms with Crippen LogP contribution in [0.3, 0.4) is 0 Å². The van der Waals surface area contributed by atoms with Gasteiger partial charge in [-0.2, -0.15) is 0 Å². The topological polar surface area (TPSA) is 82.2 Å². The van der Waals surface area contributed by atoms with Gasteiger partial charge in [0.1, 0.15) is 0 Å². The van der Waals surface area contributed by atoms with E-state index in [1.165, 1.54) is 6.21 Å².